The van der Waals surface area contributed by atoms with Gasteiger partial charge in [-0.25, -0.2) is 0 Å². The average molecular weight is 687 g/mol. The Balaban J connectivity index is 2.45. The van der Waals surface area contributed by atoms with Crippen molar-refractivity contribution in [2.24, 2.45) is 11.5 Å². The smallest absolute Gasteiger partial charge is 0.243 e. The van der Waals surface area contributed by atoms with E-state index in [1.165, 1.54) is 78.1 Å². The fourth-order valence-corrected chi connectivity index (χ4v) is 5.65. The van der Waals surface area contributed by atoms with Crippen molar-refractivity contribution in [2.75, 3.05) is 6.54 Å². The van der Waals surface area contributed by atoms with Gasteiger partial charge in [-0.3, -0.25) is 24.0 Å². The SMILES string of the molecule is CCCCCCCCCCCCCCCC(=O)N[C@@H](CCCCN)C(=O)N[C@@H](C)C(=O)N[C@@H](C)C(=O)N[C@H](CCc1ccccc1)C(N)=O. The predicted octanol–water partition coefficient (Wildman–Crippen LogP) is 4.69. The standard InChI is InChI=1S/C38H66N6O5/c1-4-5-6-7-8-9-10-11-12-13-14-15-19-25-34(45)43-33(24-20-21-28-39)38(49)42-29(2)36(47)41-30(3)37(48)44-32(35(40)46)27-26-31-22-17-16-18-23-31/h16-18,22-23,29-30,32-33H,4-15,19-21,24-28,39H2,1-3H3,(H2,40,46)(H,41,47)(H,42,49)(H,43,45)(H,44,48)/t29-,30-,32+,33-/m0/s1. The number of amides is 5. The summed E-state index contributed by atoms with van der Waals surface area (Å²) in [4.78, 5) is 63.5. The van der Waals surface area contributed by atoms with Gasteiger partial charge in [0.2, 0.25) is 29.5 Å². The van der Waals surface area contributed by atoms with Crippen LogP contribution in [0.1, 0.15) is 142 Å². The number of carbonyl (C=O) groups is 5. The highest BCUT2D eigenvalue weighted by Crippen LogP contribution is 2.13. The van der Waals surface area contributed by atoms with E-state index in [4.69, 9.17) is 11.5 Å². The molecule has 8 N–H and O–H groups in total. The molecule has 4 atom stereocenters. The van der Waals surface area contributed by atoms with Gasteiger partial charge in [0, 0.05) is 6.42 Å². The molecule has 1 aromatic carbocycles. The Morgan fingerprint density at radius 3 is 1.63 bits per heavy atom. The summed E-state index contributed by atoms with van der Waals surface area (Å²) in [6.45, 7) is 5.72. The van der Waals surface area contributed by atoms with Crippen molar-refractivity contribution in [1.29, 1.82) is 0 Å². The van der Waals surface area contributed by atoms with Crippen LogP contribution in [0.25, 0.3) is 0 Å². The monoisotopic (exact) mass is 687 g/mol. The molecule has 1 rings (SSSR count). The molecule has 11 heteroatoms. The van der Waals surface area contributed by atoms with Crippen LogP contribution in [0.15, 0.2) is 30.3 Å². The molecule has 0 bridgehead atoms. The van der Waals surface area contributed by atoms with Crippen LogP contribution < -0.4 is 32.7 Å². The molecule has 0 aromatic heterocycles. The van der Waals surface area contributed by atoms with Gasteiger partial charge in [0.1, 0.15) is 24.2 Å². The van der Waals surface area contributed by atoms with Crippen LogP contribution >= 0.6 is 0 Å². The van der Waals surface area contributed by atoms with Gasteiger partial charge >= 0.3 is 0 Å². The van der Waals surface area contributed by atoms with Crippen LogP contribution in [0.2, 0.25) is 0 Å². The minimum absolute atomic E-state index is 0.186. The van der Waals surface area contributed by atoms with Gasteiger partial charge in [0.05, 0.1) is 0 Å². The molecule has 0 aliphatic rings. The highest BCUT2D eigenvalue weighted by molar-refractivity contribution is 5.95. The first-order valence-electron chi connectivity index (χ1n) is 18.8. The second-order valence-corrected chi connectivity index (χ2v) is 13.3. The summed E-state index contributed by atoms with van der Waals surface area (Å²) >= 11 is 0. The minimum Gasteiger partial charge on any atom is -0.368 e. The molecule has 0 saturated carbocycles. The van der Waals surface area contributed by atoms with Gasteiger partial charge in [-0.05, 0) is 64.5 Å². The Labute approximate surface area is 295 Å². The molecule has 11 nitrogen and oxygen atoms in total. The zero-order valence-electron chi connectivity index (χ0n) is 30.5. The topological polar surface area (TPSA) is 186 Å². The van der Waals surface area contributed by atoms with Crippen LogP contribution in [-0.4, -0.2) is 60.2 Å². The lowest BCUT2D eigenvalue weighted by Gasteiger charge is -2.23. The molecule has 0 aliphatic heterocycles. The van der Waals surface area contributed by atoms with Crippen molar-refractivity contribution in [1.82, 2.24) is 21.3 Å². The molecule has 0 heterocycles. The first kappa shape index (κ1) is 43.6. The first-order valence-corrected chi connectivity index (χ1v) is 18.8. The number of aryl methyl sites for hydroxylation is 1. The average Bonchev–Trinajstić information content (AvgIpc) is 3.08. The third-order valence-corrected chi connectivity index (χ3v) is 8.83. The van der Waals surface area contributed by atoms with E-state index in [1.54, 1.807) is 0 Å². The van der Waals surface area contributed by atoms with Crippen LogP contribution in [0.4, 0.5) is 0 Å². The van der Waals surface area contributed by atoms with Crippen molar-refractivity contribution >= 4 is 29.5 Å². The Morgan fingerprint density at radius 2 is 1.10 bits per heavy atom. The largest absolute Gasteiger partial charge is 0.368 e. The van der Waals surface area contributed by atoms with Crippen LogP contribution in [0.3, 0.4) is 0 Å². The van der Waals surface area contributed by atoms with Gasteiger partial charge in [0.15, 0.2) is 0 Å². The van der Waals surface area contributed by atoms with Gasteiger partial charge in [0.25, 0.3) is 0 Å². The van der Waals surface area contributed by atoms with Crippen molar-refractivity contribution in [3.8, 4) is 0 Å². The van der Waals surface area contributed by atoms with Crippen molar-refractivity contribution in [3.05, 3.63) is 35.9 Å². The van der Waals surface area contributed by atoms with E-state index in [0.29, 0.717) is 45.1 Å². The van der Waals surface area contributed by atoms with E-state index >= 15 is 0 Å². The summed E-state index contributed by atoms with van der Waals surface area (Å²) < 4.78 is 0. The fraction of sp³-hybridized carbons (Fsp3) is 0.711. The van der Waals surface area contributed by atoms with E-state index in [0.717, 1.165) is 24.8 Å². The summed E-state index contributed by atoms with van der Waals surface area (Å²) in [5, 5.41) is 10.7. The number of hydrogen-bond acceptors (Lipinski definition) is 6. The molecule has 5 amide bonds. The second-order valence-electron chi connectivity index (χ2n) is 13.3. The van der Waals surface area contributed by atoms with E-state index in [1.807, 2.05) is 30.3 Å². The molecule has 0 spiro atoms. The van der Waals surface area contributed by atoms with Crippen molar-refractivity contribution in [3.63, 3.8) is 0 Å². The predicted molar refractivity (Wildman–Crippen MR) is 196 cm³/mol. The van der Waals surface area contributed by atoms with E-state index in [2.05, 4.69) is 28.2 Å². The molecule has 278 valence electrons. The number of rotatable bonds is 29. The lowest BCUT2D eigenvalue weighted by molar-refractivity contribution is -0.134. The molecular formula is C38H66N6O5. The van der Waals surface area contributed by atoms with E-state index in [9.17, 15) is 24.0 Å². The third-order valence-electron chi connectivity index (χ3n) is 8.83. The summed E-state index contributed by atoms with van der Waals surface area (Å²) in [5.74, 6) is -2.46. The van der Waals surface area contributed by atoms with Crippen LogP contribution in [-0.2, 0) is 30.4 Å². The number of benzene rings is 1. The second kappa shape index (κ2) is 27.4. The number of hydrogen-bond donors (Lipinski definition) is 6. The Bertz CT molecular complexity index is 1090. The number of carbonyl (C=O) groups excluding carboxylic acids is 5. The Hall–Kier alpha value is -3.47. The number of nitrogens with two attached hydrogens (primary N) is 2. The highest BCUT2D eigenvalue weighted by Gasteiger charge is 2.27. The van der Waals surface area contributed by atoms with Gasteiger partial charge in [-0.1, -0.05) is 114 Å². The highest BCUT2D eigenvalue weighted by atomic mass is 16.2. The zero-order valence-corrected chi connectivity index (χ0v) is 30.5. The van der Waals surface area contributed by atoms with Gasteiger partial charge in [-0.15, -0.1) is 0 Å². The maximum Gasteiger partial charge on any atom is 0.243 e. The fourth-order valence-electron chi connectivity index (χ4n) is 5.65. The third kappa shape index (κ3) is 21.3. The summed E-state index contributed by atoms with van der Waals surface area (Å²) in [6.07, 6.45) is 18.8. The Morgan fingerprint density at radius 1 is 0.592 bits per heavy atom. The molecule has 1 aromatic rings. The normalized spacial score (nSPS) is 13.5. The van der Waals surface area contributed by atoms with Crippen molar-refractivity contribution < 1.29 is 24.0 Å². The summed E-state index contributed by atoms with van der Waals surface area (Å²) in [7, 11) is 0. The molecule has 49 heavy (non-hydrogen) atoms. The first-order chi connectivity index (χ1) is 23.6. The molecular weight excluding hydrogens is 620 g/mol. The molecule has 0 radical (unpaired) electrons. The van der Waals surface area contributed by atoms with E-state index in [-0.39, 0.29) is 5.91 Å². The molecule has 0 fully saturated rings. The maximum absolute atomic E-state index is 13.1. The maximum atomic E-state index is 13.1. The molecule has 0 aliphatic carbocycles. The van der Waals surface area contributed by atoms with Crippen LogP contribution in [0.5, 0.6) is 0 Å². The van der Waals surface area contributed by atoms with Gasteiger partial charge < -0.3 is 32.7 Å². The Kier molecular flexibility index (Phi) is 24.3. The molecule has 0 unspecified atom stereocenters. The summed E-state index contributed by atoms with van der Waals surface area (Å²) in [6, 6.07) is 5.88. The lowest BCUT2D eigenvalue weighted by atomic mass is 10.0. The number of nitrogens with one attached hydrogen (secondary N) is 4. The zero-order chi connectivity index (χ0) is 36.3. The lowest BCUT2D eigenvalue weighted by Crippen LogP contribution is -2.56. The van der Waals surface area contributed by atoms with Crippen LogP contribution in [0, 0.1) is 0 Å². The number of primary amides is 1. The number of unbranched alkanes of at least 4 members (excludes halogenated alkanes) is 13. The summed E-state index contributed by atoms with van der Waals surface area (Å²) in [5.41, 5.74) is 12.2. The quantitative estimate of drug-likeness (QED) is 0.0664. The van der Waals surface area contributed by atoms with Gasteiger partial charge in [-0.2, -0.15) is 0 Å². The van der Waals surface area contributed by atoms with E-state index < -0.39 is 47.8 Å². The minimum atomic E-state index is -0.981. The van der Waals surface area contributed by atoms with Crippen molar-refractivity contribution in [2.45, 2.75) is 167 Å². The molecule has 0 saturated heterocycles.